The van der Waals surface area contributed by atoms with Crippen molar-refractivity contribution in [1.82, 2.24) is 5.32 Å². The summed E-state index contributed by atoms with van der Waals surface area (Å²) in [5.41, 5.74) is -0.926. The van der Waals surface area contributed by atoms with Crippen LogP contribution < -0.4 is 5.32 Å². The Labute approximate surface area is 66.2 Å². The van der Waals surface area contributed by atoms with Gasteiger partial charge >= 0.3 is 0 Å². The summed E-state index contributed by atoms with van der Waals surface area (Å²) in [5, 5.41) is 20.3. The zero-order valence-electron chi connectivity index (χ0n) is 7.09. The number of nitrogens with one attached hydrogen (secondary N) is 1. The Kier molecular flexibility index (Phi) is 3.48. The van der Waals surface area contributed by atoms with Crippen LogP contribution in [0.25, 0.3) is 0 Å². The topological polar surface area (TPSA) is 69.6 Å². The third-order valence-corrected chi connectivity index (χ3v) is 1.07. The molecule has 66 valence electrons. The lowest BCUT2D eigenvalue weighted by Crippen LogP contribution is -2.41. The number of carbonyl (C=O) groups is 1. The molecule has 0 aromatic heterocycles. The first kappa shape index (κ1) is 10.4. The maximum Gasteiger partial charge on any atom is 0.248 e. The number of aliphatic hydroxyl groups is 2. The zero-order chi connectivity index (χ0) is 9.07. The second-order valence-electron chi connectivity index (χ2n) is 3.21. The normalized spacial score (nSPS) is 14.3. The van der Waals surface area contributed by atoms with Crippen LogP contribution in [-0.2, 0) is 4.79 Å². The minimum atomic E-state index is -1.02. The predicted molar refractivity (Wildman–Crippen MR) is 41.0 cm³/mol. The first-order chi connectivity index (χ1) is 4.83. The molecule has 0 radical (unpaired) electrons. The van der Waals surface area contributed by atoms with Crippen molar-refractivity contribution in [3.63, 3.8) is 0 Å². The van der Waals surface area contributed by atoms with Crippen molar-refractivity contribution in [2.24, 2.45) is 0 Å². The van der Waals surface area contributed by atoms with E-state index in [0.717, 1.165) is 0 Å². The van der Waals surface area contributed by atoms with Gasteiger partial charge in [0.15, 0.2) is 0 Å². The van der Waals surface area contributed by atoms with E-state index in [1.165, 1.54) is 6.92 Å². The molecule has 4 heteroatoms. The van der Waals surface area contributed by atoms with Gasteiger partial charge in [0.05, 0.1) is 5.60 Å². The number of carbonyl (C=O) groups excluding carboxylic acids is 1. The molecule has 0 aliphatic heterocycles. The number of aliphatic hydroxyl groups excluding tert-OH is 1. The van der Waals surface area contributed by atoms with Crippen LogP contribution in [0, 0.1) is 0 Å². The highest BCUT2D eigenvalue weighted by Crippen LogP contribution is 1.97. The van der Waals surface area contributed by atoms with E-state index < -0.39 is 17.6 Å². The molecule has 0 aromatic carbocycles. The van der Waals surface area contributed by atoms with Gasteiger partial charge in [-0.15, -0.1) is 0 Å². The third-order valence-electron chi connectivity index (χ3n) is 1.07. The van der Waals surface area contributed by atoms with Gasteiger partial charge in [0.1, 0.15) is 6.10 Å². The van der Waals surface area contributed by atoms with E-state index in [1.54, 1.807) is 13.8 Å². The molecular formula is C7H15NO3. The van der Waals surface area contributed by atoms with Crippen LogP contribution in [0.3, 0.4) is 0 Å². The molecule has 0 saturated heterocycles. The Morgan fingerprint density at radius 1 is 1.64 bits per heavy atom. The Morgan fingerprint density at radius 2 is 2.09 bits per heavy atom. The Balaban J connectivity index is 3.64. The van der Waals surface area contributed by atoms with E-state index in [0.29, 0.717) is 0 Å². The van der Waals surface area contributed by atoms with Gasteiger partial charge in [-0.05, 0) is 20.8 Å². The Morgan fingerprint density at radius 3 is 2.36 bits per heavy atom. The van der Waals surface area contributed by atoms with Crippen LogP contribution in [0.15, 0.2) is 0 Å². The molecule has 0 aromatic rings. The molecule has 0 spiro atoms. The highest BCUT2D eigenvalue weighted by Gasteiger charge is 2.15. The fraction of sp³-hybridized carbons (Fsp3) is 0.857. The number of rotatable bonds is 3. The van der Waals surface area contributed by atoms with E-state index in [4.69, 9.17) is 10.2 Å². The maximum atomic E-state index is 10.7. The van der Waals surface area contributed by atoms with Crippen molar-refractivity contribution >= 4 is 5.91 Å². The SMILES string of the molecule is CC(O)C(=O)NCC(C)(C)O. The molecule has 1 atom stereocenters. The van der Waals surface area contributed by atoms with Crippen LogP contribution in [0.5, 0.6) is 0 Å². The van der Waals surface area contributed by atoms with Gasteiger partial charge in [-0.2, -0.15) is 0 Å². The van der Waals surface area contributed by atoms with Gasteiger partial charge in [0.25, 0.3) is 0 Å². The van der Waals surface area contributed by atoms with E-state index in [2.05, 4.69) is 5.32 Å². The summed E-state index contributed by atoms with van der Waals surface area (Å²) in [6, 6.07) is 0. The lowest BCUT2D eigenvalue weighted by Gasteiger charge is -2.18. The van der Waals surface area contributed by atoms with Crippen LogP contribution in [0.2, 0.25) is 0 Å². The van der Waals surface area contributed by atoms with Gasteiger partial charge in [0, 0.05) is 6.54 Å². The largest absolute Gasteiger partial charge is 0.389 e. The molecule has 0 heterocycles. The van der Waals surface area contributed by atoms with Crippen LogP contribution in [0.4, 0.5) is 0 Å². The van der Waals surface area contributed by atoms with Crippen LogP contribution in [0.1, 0.15) is 20.8 Å². The van der Waals surface area contributed by atoms with E-state index in [1.807, 2.05) is 0 Å². The highest BCUT2D eigenvalue weighted by atomic mass is 16.3. The van der Waals surface area contributed by atoms with Crippen molar-refractivity contribution in [1.29, 1.82) is 0 Å². The summed E-state index contributed by atoms with van der Waals surface area (Å²) in [6.45, 7) is 4.68. The second-order valence-corrected chi connectivity index (χ2v) is 3.21. The molecule has 4 nitrogen and oxygen atoms in total. The molecule has 11 heavy (non-hydrogen) atoms. The first-order valence-electron chi connectivity index (χ1n) is 3.51. The molecule has 3 N–H and O–H groups in total. The Hall–Kier alpha value is -0.610. The summed E-state index contributed by atoms with van der Waals surface area (Å²) < 4.78 is 0. The smallest absolute Gasteiger partial charge is 0.248 e. The van der Waals surface area contributed by atoms with Crippen LogP contribution >= 0.6 is 0 Å². The third kappa shape index (κ3) is 5.82. The van der Waals surface area contributed by atoms with Crippen molar-refractivity contribution in [2.75, 3.05) is 6.54 Å². The monoisotopic (exact) mass is 161 g/mol. The minimum absolute atomic E-state index is 0.150. The summed E-state index contributed by atoms with van der Waals surface area (Å²) in [4.78, 5) is 10.7. The van der Waals surface area contributed by atoms with Gasteiger partial charge in [-0.3, -0.25) is 4.79 Å². The van der Waals surface area contributed by atoms with Crippen LogP contribution in [-0.4, -0.2) is 34.4 Å². The van der Waals surface area contributed by atoms with Gasteiger partial charge < -0.3 is 15.5 Å². The van der Waals surface area contributed by atoms with E-state index >= 15 is 0 Å². The summed E-state index contributed by atoms with van der Waals surface area (Å²) in [7, 11) is 0. The van der Waals surface area contributed by atoms with E-state index in [9.17, 15) is 4.79 Å². The van der Waals surface area contributed by atoms with E-state index in [-0.39, 0.29) is 6.54 Å². The molecule has 0 bridgehead atoms. The lowest BCUT2D eigenvalue weighted by atomic mass is 10.1. The molecule has 1 amide bonds. The summed E-state index contributed by atoms with van der Waals surface area (Å²) in [5.74, 6) is -0.466. The number of hydrogen-bond donors (Lipinski definition) is 3. The van der Waals surface area contributed by atoms with Crippen molar-refractivity contribution in [2.45, 2.75) is 32.5 Å². The van der Waals surface area contributed by atoms with Gasteiger partial charge in [0.2, 0.25) is 5.91 Å². The zero-order valence-corrected chi connectivity index (χ0v) is 7.09. The second kappa shape index (κ2) is 3.69. The number of hydrogen-bond acceptors (Lipinski definition) is 3. The fourth-order valence-electron chi connectivity index (χ4n) is 0.451. The van der Waals surface area contributed by atoms with Crippen molar-refractivity contribution < 1.29 is 15.0 Å². The highest BCUT2D eigenvalue weighted by molar-refractivity contribution is 5.79. The molecule has 0 fully saturated rings. The van der Waals surface area contributed by atoms with Crippen molar-refractivity contribution in [3.05, 3.63) is 0 Å². The molecule has 0 saturated carbocycles. The predicted octanol–water partition coefficient (Wildman–Crippen LogP) is -0.746. The average molecular weight is 161 g/mol. The maximum absolute atomic E-state index is 10.7. The standard InChI is InChI=1S/C7H15NO3/c1-5(9)6(10)8-4-7(2,3)11/h5,9,11H,4H2,1-3H3,(H,8,10). The first-order valence-corrected chi connectivity index (χ1v) is 3.51. The lowest BCUT2D eigenvalue weighted by molar-refractivity contribution is -0.129. The fourth-order valence-corrected chi connectivity index (χ4v) is 0.451. The quantitative estimate of drug-likeness (QED) is 0.510. The molecule has 0 aliphatic rings. The molecule has 1 unspecified atom stereocenters. The van der Waals surface area contributed by atoms with Crippen molar-refractivity contribution in [3.8, 4) is 0 Å². The average Bonchev–Trinajstić information content (AvgIpc) is 1.80. The summed E-state index contributed by atoms with van der Waals surface area (Å²) >= 11 is 0. The molecule has 0 rings (SSSR count). The Bertz CT molecular complexity index is 137. The van der Waals surface area contributed by atoms with Gasteiger partial charge in [-0.1, -0.05) is 0 Å². The number of amides is 1. The van der Waals surface area contributed by atoms with Gasteiger partial charge in [-0.25, -0.2) is 0 Å². The molecule has 0 aliphatic carbocycles. The molecular weight excluding hydrogens is 146 g/mol. The summed E-state index contributed by atoms with van der Waals surface area (Å²) in [6.07, 6.45) is -1.02. The minimum Gasteiger partial charge on any atom is -0.389 e.